The molecule has 1 saturated heterocycles. The zero-order valence-electron chi connectivity index (χ0n) is 20.2. The summed E-state index contributed by atoms with van der Waals surface area (Å²) in [5, 5.41) is 3.00. The van der Waals surface area contributed by atoms with Crippen LogP contribution in [0.5, 0.6) is 0 Å². The molecular weight excluding hydrogens is 508 g/mol. The Morgan fingerprint density at radius 2 is 1.92 bits per heavy atom. The van der Waals surface area contributed by atoms with Gasteiger partial charge in [0.2, 0.25) is 12.1 Å². The number of amides is 2. The fourth-order valence-corrected chi connectivity index (χ4v) is 4.60. The number of Topliss-reactive ketones (excluding diaryl/α,β-unsaturated/α-hetero) is 1. The van der Waals surface area contributed by atoms with Gasteiger partial charge in [-0.2, -0.15) is 0 Å². The van der Waals surface area contributed by atoms with Crippen molar-refractivity contribution in [1.29, 1.82) is 0 Å². The number of halogens is 3. The van der Waals surface area contributed by atoms with Gasteiger partial charge in [-0.1, -0.05) is 41.9 Å². The number of ketones is 1. The maximum Gasteiger partial charge on any atom is 0.409 e. The highest BCUT2D eigenvalue weighted by atomic mass is 35.5. The van der Waals surface area contributed by atoms with E-state index in [9.17, 15) is 23.2 Å². The lowest BCUT2D eigenvalue weighted by Gasteiger charge is -2.27. The maximum absolute atomic E-state index is 14.9. The van der Waals surface area contributed by atoms with Gasteiger partial charge in [-0.25, -0.2) is 13.6 Å². The topological polar surface area (TPSA) is 89.9 Å². The molecule has 1 fully saturated rings. The first kappa shape index (κ1) is 26.6. The normalized spacial score (nSPS) is 19.3. The summed E-state index contributed by atoms with van der Waals surface area (Å²) in [4.78, 5) is 39.0. The zero-order valence-corrected chi connectivity index (χ0v) is 21.0. The summed E-state index contributed by atoms with van der Waals surface area (Å²) in [6, 6.07) is 11.5. The van der Waals surface area contributed by atoms with E-state index in [1.807, 2.05) is 0 Å². The molecule has 0 unspecified atom stereocenters. The van der Waals surface area contributed by atoms with Crippen LogP contribution in [-0.2, 0) is 27.4 Å². The highest BCUT2D eigenvalue weighted by Crippen LogP contribution is 2.27. The Hall–Kier alpha value is -3.50. The SMILES string of the molecule is CCO[C@@H]1[C@@H](F)CN(C(=O)Cn2cc(C(C)=O)c3ccccc32)[C@H]1OC(=O)NCc1cccc(Cl)c1F. The van der Waals surface area contributed by atoms with E-state index in [1.54, 1.807) is 42.0 Å². The van der Waals surface area contributed by atoms with Gasteiger partial charge in [0.25, 0.3) is 0 Å². The van der Waals surface area contributed by atoms with Gasteiger partial charge in [-0.3, -0.25) is 9.59 Å². The number of nitrogens with zero attached hydrogens (tertiary/aromatic N) is 2. The first-order chi connectivity index (χ1) is 17.7. The summed E-state index contributed by atoms with van der Waals surface area (Å²) >= 11 is 5.77. The third-order valence-corrected chi connectivity index (χ3v) is 6.44. The van der Waals surface area contributed by atoms with Gasteiger partial charge >= 0.3 is 6.09 Å². The number of nitrogens with one attached hydrogen (secondary N) is 1. The average molecular weight is 534 g/mol. The molecule has 0 aliphatic carbocycles. The number of alkyl halides is 1. The van der Waals surface area contributed by atoms with Gasteiger partial charge < -0.3 is 24.3 Å². The average Bonchev–Trinajstić information content (AvgIpc) is 3.38. The lowest BCUT2D eigenvalue weighted by molar-refractivity contribution is -0.144. The first-order valence-corrected chi connectivity index (χ1v) is 12.1. The molecular formula is C26H26ClF2N3O5. The Bertz CT molecular complexity index is 1330. The standard InChI is InChI=1S/C26H26ClF2N3O5/c1-3-36-24-20(28)13-32(25(24)37-26(35)30-11-16-7-6-9-19(27)23(16)29)22(34)14-31-12-18(15(2)33)17-8-4-5-10-21(17)31/h4-10,12,20,24-25H,3,11,13-14H2,1-2H3,(H,30,35)/t20-,24+,25-/m0/s1. The van der Waals surface area contributed by atoms with Crippen LogP contribution in [0.25, 0.3) is 10.9 Å². The van der Waals surface area contributed by atoms with E-state index in [0.29, 0.717) is 16.5 Å². The number of aromatic nitrogens is 1. The van der Waals surface area contributed by atoms with E-state index < -0.39 is 36.3 Å². The van der Waals surface area contributed by atoms with Crippen LogP contribution >= 0.6 is 11.6 Å². The zero-order chi connectivity index (χ0) is 26.7. The number of likely N-dealkylation sites (tertiary alicyclic amines) is 1. The van der Waals surface area contributed by atoms with E-state index in [2.05, 4.69) is 5.32 Å². The van der Waals surface area contributed by atoms with Crippen LogP contribution in [0.1, 0.15) is 29.8 Å². The molecule has 1 aromatic heterocycles. The summed E-state index contributed by atoms with van der Waals surface area (Å²) in [7, 11) is 0. The minimum atomic E-state index is -1.60. The largest absolute Gasteiger partial charge is 0.422 e. The number of hydrogen-bond acceptors (Lipinski definition) is 5. The number of ether oxygens (including phenoxy) is 2. The monoisotopic (exact) mass is 533 g/mol. The molecule has 1 N–H and O–H groups in total. The van der Waals surface area contributed by atoms with Gasteiger partial charge in [0.1, 0.15) is 24.6 Å². The molecule has 3 aromatic rings. The molecule has 8 nitrogen and oxygen atoms in total. The highest BCUT2D eigenvalue weighted by Gasteiger charge is 2.47. The van der Waals surface area contributed by atoms with Crippen molar-refractivity contribution < 1.29 is 32.6 Å². The van der Waals surface area contributed by atoms with E-state index in [-0.39, 0.29) is 42.6 Å². The maximum atomic E-state index is 14.9. The fourth-order valence-electron chi connectivity index (χ4n) is 4.40. The molecule has 1 aliphatic rings. The molecule has 3 atom stereocenters. The molecule has 2 heterocycles. The molecule has 1 aliphatic heterocycles. The molecule has 2 amide bonds. The minimum Gasteiger partial charge on any atom is -0.422 e. The summed E-state index contributed by atoms with van der Waals surface area (Å²) < 4.78 is 41.5. The highest BCUT2D eigenvalue weighted by molar-refractivity contribution is 6.30. The Balaban J connectivity index is 1.51. The van der Waals surface area contributed by atoms with E-state index in [1.165, 1.54) is 25.1 Å². The van der Waals surface area contributed by atoms with Crippen LogP contribution in [0.2, 0.25) is 5.02 Å². The Kier molecular flexibility index (Phi) is 8.09. The number of rotatable bonds is 8. The molecule has 0 bridgehead atoms. The van der Waals surface area contributed by atoms with Crippen molar-refractivity contribution in [2.45, 2.75) is 45.4 Å². The number of alkyl carbamates (subject to hydrolysis) is 1. The van der Waals surface area contributed by atoms with Crippen molar-refractivity contribution in [3.63, 3.8) is 0 Å². The van der Waals surface area contributed by atoms with Crippen LogP contribution in [-0.4, -0.2) is 58.9 Å². The van der Waals surface area contributed by atoms with Crippen LogP contribution in [0.3, 0.4) is 0 Å². The second-order valence-corrected chi connectivity index (χ2v) is 9.00. The number of carbonyl (C=O) groups is 3. The van der Waals surface area contributed by atoms with Crippen molar-refractivity contribution >= 4 is 40.3 Å². The van der Waals surface area contributed by atoms with Crippen LogP contribution in [0.15, 0.2) is 48.7 Å². The van der Waals surface area contributed by atoms with Crippen LogP contribution in [0.4, 0.5) is 13.6 Å². The van der Waals surface area contributed by atoms with Crippen LogP contribution < -0.4 is 5.32 Å². The van der Waals surface area contributed by atoms with Gasteiger partial charge in [-0.05, 0) is 26.0 Å². The van der Waals surface area contributed by atoms with E-state index >= 15 is 0 Å². The lowest BCUT2D eigenvalue weighted by Crippen LogP contribution is -2.46. The molecule has 2 aromatic carbocycles. The molecule has 0 radical (unpaired) electrons. The third kappa shape index (κ3) is 5.60. The third-order valence-electron chi connectivity index (χ3n) is 6.15. The van der Waals surface area contributed by atoms with Crippen molar-refractivity contribution in [1.82, 2.24) is 14.8 Å². The first-order valence-electron chi connectivity index (χ1n) is 11.7. The van der Waals surface area contributed by atoms with E-state index in [4.69, 9.17) is 21.1 Å². The van der Waals surface area contributed by atoms with Crippen molar-refractivity contribution in [3.05, 3.63) is 70.6 Å². The molecule has 11 heteroatoms. The number of carbonyl (C=O) groups excluding carboxylic acids is 3. The van der Waals surface area contributed by atoms with Crippen molar-refractivity contribution in [2.75, 3.05) is 13.2 Å². The predicted octanol–water partition coefficient (Wildman–Crippen LogP) is 4.47. The second-order valence-electron chi connectivity index (χ2n) is 8.59. The number of para-hydroxylation sites is 1. The predicted molar refractivity (Wildman–Crippen MR) is 132 cm³/mol. The Morgan fingerprint density at radius 1 is 1.16 bits per heavy atom. The molecule has 0 saturated carbocycles. The van der Waals surface area contributed by atoms with Gasteiger partial charge in [-0.15, -0.1) is 0 Å². The van der Waals surface area contributed by atoms with Gasteiger partial charge in [0.05, 0.1) is 11.6 Å². The second kappa shape index (κ2) is 11.3. The quantitative estimate of drug-likeness (QED) is 0.431. The van der Waals surface area contributed by atoms with Crippen molar-refractivity contribution in [3.8, 4) is 0 Å². The number of benzene rings is 2. The van der Waals surface area contributed by atoms with Crippen LogP contribution in [0, 0.1) is 5.82 Å². The number of fused-ring (bicyclic) bond motifs is 1. The summed E-state index contributed by atoms with van der Waals surface area (Å²) in [5.41, 5.74) is 1.26. The fraction of sp³-hybridized carbons (Fsp3) is 0.346. The molecule has 37 heavy (non-hydrogen) atoms. The van der Waals surface area contributed by atoms with Gasteiger partial charge in [0.15, 0.2) is 5.78 Å². The Labute approximate surface area is 217 Å². The van der Waals surface area contributed by atoms with Gasteiger partial charge in [0, 0.05) is 41.4 Å². The lowest BCUT2D eigenvalue weighted by atomic mass is 10.1. The van der Waals surface area contributed by atoms with E-state index in [0.717, 1.165) is 4.90 Å². The van der Waals surface area contributed by atoms with Crippen molar-refractivity contribution in [2.24, 2.45) is 0 Å². The Morgan fingerprint density at radius 3 is 2.65 bits per heavy atom. The molecule has 4 rings (SSSR count). The smallest absolute Gasteiger partial charge is 0.409 e. The number of hydrogen-bond donors (Lipinski definition) is 1. The summed E-state index contributed by atoms with van der Waals surface area (Å²) in [6.07, 6.45) is -3.54. The summed E-state index contributed by atoms with van der Waals surface area (Å²) in [5.74, 6) is -1.36. The summed E-state index contributed by atoms with van der Waals surface area (Å²) in [6.45, 7) is 2.44. The molecule has 0 spiro atoms. The minimum absolute atomic E-state index is 0.0950. The molecule has 196 valence electrons.